The summed E-state index contributed by atoms with van der Waals surface area (Å²) in [6.45, 7) is 17.8. The van der Waals surface area contributed by atoms with E-state index in [1.807, 2.05) is 11.3 Å². The van der Waals surface area contributed by atoms with Crippen LogP contribution in [-0.4, -0.2) is 67.6 Å². The lowest BCUT2D eigenvalue weighted by atomic mass is 9.97. The molecular weight excluding hydrogens is 378 g/mol. The summed E-state index contributed by atoms with van der Waals surface area (Å²) in [6.07, 6.45) is 4.93. The van der Waals surface area contributed by atoms with Crippen molar-refractivity contribution in [2.24, 2.45) is 10.9 Å². The first-order valence-corrected chi connectivity index (χ1v) is 12.5. The van der Waals surface area contributed by atoms with Gasteiger partial charge in [0.1, 0.15) is 0 Å². The molecule has 166 valence electrons. The standard InChI is InChI=1S/C23H43N5S/c1-5-24-23(26-20(4)10-8-14-27(6-2)7-3)25-18-21-12-15-28(16-13-21)19-22-11-9-17-29-22/h9,11,17,20-21H,5-8,10,12-16,18-19H2,1-4H3,(H2,24,25,26). The van der Waals surface area contributed by atoms with Gasteiger partial charge in [-0.25, -0.2) is 0 Å². The second-order valence-corrected chi connectivity index (χ2v) is 9.27. The molecule has 0 aromatic carbocycles. The van der Waals surface area contributed by atoms with Gasteiger partial charge in [-0.15, -0.1) is 11.3 Å². The molecule has 1 unspecified atom stereocenters. The van der Waals surface area contributed by atoms with Gasteiger partial charge in [-0.2, -0.15) is 0 Å². The molecule has 1 aromatic rings. The Morgan fingerprint density at radius 1 is 1.28 bits per heavy atom. The molecule has 1 aliphatic rings. The lowest BCUT2D eigenvalue weighted by Crippen LogP contribution is -2.43. The highest BCUT2D eigenvalue weighted by atomic mass is 32.1. The number of nitrogens with zero attached hydrogens (tertiary/aromatic N) is 3. The zero-order valence-electron chi connectivity index (χ0n) is 19.1. The molecule has 0 radical (unpaired) electrons. The molecular formula is C23H43N5S. The summed E-state index contributed by atoms with van der Waals surface area (Å²) >= 11 is 1.87. The molecule has 2 heterocycles. The number of likely N-dealkylation sites (tertiary alicyclic amines) is 1. The molecule has 0 amide bonds. The number of piperidine rings is 1. The number of aliphatic imine (C=N–C) groups is 1. The normalized spacial score (nSPS) is 17.6. The summed E-state index contributed by atoms with van der Waals surface area (Å²) in [5, 5.41) is 9.23. The summed E-state index contributed by atoms with van der Waals surface area (Å²) in [5.41, 5.74) is 0. The van der Waals surface area contributed by atoms with Crippen molar-refractivity contribution in [3.05, 3.63) is 22.4 Å². The average Bonchev–Trinajstić information content (AvgIpc) is 3.24. The number of guanidine groups is 1. The Balaban J connectivity index is 1.69. The van der Waals surface area contributed by atoms with E-state index >= 15 is 0 Å². The Kier molecular flexibility index (Phi) is 11.7. The first kappa shape index (κ1) is 24.2. The van der Waals surface area contributed by atoms with Crippen molar-refractivity contribution in [2.75, 3.05) is 45.8 Å². The number of hydrogen-bond acceptors (Lipinski definition) is 4. The monoisotopic (exact) mass is 421 g/mol. The number of thiophene rings is 1. The highest BCUT2D eigenvalue weighted by Crippen LogP contribution is 2.20. The number of hydrogen-bond donors (Lipinski definition) is 2. The molecule has 1 fully saturated rings. The van der Waals surface area contributed by atoms with Crippen LogP contribution in [0.5, 0.6) is 0 Å². The van der Waals surface area contributed by atoms with Crippen molar-refractivity contribution in [2.45, 2.75) is 66.0 Å². The van der Waals surface area contributed by atoms with Gasteiger partial charge < -0.3 is 15.5 Å². The van der Waals surface area contributed by atoms with Crippen LogP contribution < -0.4 is 10.6 Å². The van der Waals surface area contributed by atoms with E-state index in [1.165, 1.54) is 50.2 Å². The highest BCUT2D eigenvalue weighted by Gasteiger charge is 2.19. The smallest absolute Gasteiger partial charge is 0.191 e. The summed E-state index contributed by atoms with van der Waals surface area (Å²) < 4.78 is 0. The minimum Gasteiger partial charge on any atom is -0.357 e. The maximum Gasteiger partial charge on any atom is 0.191 e. The zero-order chi connectivity index (χ0) is 20.9. The van der Waals surface area contributed by atoms with Gasteiger partial charge in [-0.05, 0) is 89.6 Å². The number of nitrogens with one attached hydrogen (secondary N) is 2. The molecule has 2 N–H and O–H groups in total. The molecule has 1 aromatic heterocycles. The maximum atomic E-state index is 4.92. The van der Waals surface area contributed by atoms with Crippen LogP contribution in [0.4, 0.5) is 0 Å². The van der Waals surface area contributed by atoms with E-state index in [0.29, 0.717) is 12.0 Å². The fourth-order valence-corrected chi connectivity index (χ4v) is 4.70. The van der Waals surface area contributed by atoms with Crippen molar-refractivity contribution >= 4 is 17.3 Å². The molecule has 0 aliphatic carbocycles. The largest absolute Gasteiger partial charge is 0.357 e. The molecule has 6 heteroatoms. The van der Waals surface area contributed by atoms with Crippen LogP contribution in [0.2, 0.25) is 0 Å². The lowest BCUT2D eigenvalue weighted by molar-refractivity contribution is 0.182. The van der Waals surface area contributed by atoms with E-state index in [1.54, 1.807) is 0 Å². The third-order valence-electron chi connectivity index (χ3n) is 5.91. The number of rotatable bonds is 12. The zero-order valence-corrected chi connectivity index (χ0v) is 19.9. The molecule has 5 nitrogen and oxygen atoms in total. The predicted molar refractivity (Wildman–Crippen MR) is 128 cm³/mol. The van der Waals surface area contributed by atoms with Crippen LogP contribution in [0.3, 0.4) is 0 Å². The van der Waals surface area contributed by atoms with E-state index in [9.17, 15) is 0 Å². The van der Waals surface area contributed by atoms with E-state index in [4.69, 9.17) is 4.99 Å². The van der Waals surface area contributed by atoms with Crippen molar-refractivity contribution < 1.29 is 0 Å². The van der Waals surface area contributed by atoms with Gasteiger partial charge >= 0.3 is 0 Å². The molecule has 1 saturated heterocycles. The Bertz CT molecular complexity index is 548. The summed E-state index contributed by atoms with van der Waals surface area (Å²) in [7, 11) is 0. The van der Waals surface area contributed by atoms with E-state index in [0.717, 1.165) is 38.7 Å². The topological polar surface area (TPSA) is 42.9 Å². The van der Waals surface area contributed by atoms with Crippen LogP contribution in [0.15, 0.2) is 22.5 Å². The van der Waals surface area contributed by atoms with Crippen molar-refractivity contribution in [3.8, 4) is 0 Å². The Labute approximate surface area is 183 Å². The average molecular weight is 422 g/mol. The third kappa shape index (κ3) is 9.49. The fraction of sp³-hybridized carbons (Fsp3) is 0.783. The van der Waals surface area contributed by atoms with Gasteiger partial charge in [0, 0.05) is 30.6 Å². The van der Waals surface area contributed by atoms with Gasteiger partial charge in [0.05, 0.1) is 0 Å². The predicted octanol–water partition coefficient (Wildman–Crippen LogP) is 4.03. The highest BCUT2D eigenvalue weighted by molar-refractivity contribution is 7.09. The second kappa shape index (κ2) is 14.0. The molecule has 29 heavy (non-hydrogen) atoms. The van der Waals surface area contributed by atoms with E-state index < -0.39 is 0 Å². The van der Waals surface area contributed by atoms with Crippen LogP contribution in [-0.2, 0) is 6.54 Å². The molecule has 1 atom stereocenters. The second-order valence-electron chi connectivity index (χ2n) is 8.23. The Hall–Kier alpha value is -1.11. The molecule has 0 bridgehead atoms. The Morgan fingerprint density at radius 2 is 2.03 bits per heavy atom. The third-order valence-corrected chi connectivity index (χ3v) is 6.77. The van der Waals surface area contributed by atoms with E-state index in [2.05, 4.69) is 65.6 Å². The molecule has 0 spiro atoms. The minimum atomic E-state index is 0.455. The fourth-order valence-electron chi connectivity index (χ4n) is 3.96. The van der Waals surface area contributed by atoms with Crippen LogP contribution in [0.1, 0.15) is 58.3 Å². The van der Waals surface area contributed by atoms with Crippen LogP contribution in [0, 0.1) is 5.92 Å². The maximum absolute atomic E-state index is 4.92. The SMILES string of the molecule is CCNC(=NCC1CCN(Cc2cccs2)CC1)NC(C)CCCN(CC)CC. The molecule has 2 rings (SSSR count). The van der Waals surface area contributed by atoms with Crippen molar-refractivity contribution in [3.63, 3.8) is 0 Å². The van der Waals surface area contributed by atoms with Gasteiger partial charge in [0.25, 0.3) is 0 Å². The quantitative estimate of drug-likeness (QED) is 0.395. The first-order valence-electron chi connectivity index (χ1n) is 11.7. The van der Waals surface area contributed by atoms with Gasteiger partial charge in [-0.3, -0.25) is 9.89 Å². The summed E-state index contributed by atoms with van der Waals surface area (Å²) in [4.78, 5) is 11.5. The van der Waals surface area contributed by atoms with Crippen molar-refractivity contribution in [1.82, 2.24) is 20.4 Å². The minimum absolute atomic E-state index is 0.455. The van der Waals surface area contributed by atoms with Crippen LogP contribution >= 0.6 is 11.3 Å². The lowest BCUT2D eigenvalue weighted by Gasteiger charge is -2.31. The Morgan fingerprint density at radius 3 is 2.66 bits per heavy atom. The van der Waals surface area contributed by atoms with Crippen molar-refractivity contribution in [1.29, 1.82) is 0 Å². The van der Waals surface area contributed by atoms with Crippen LogP contribution in [0.25, 0.3) is 0 Å². The summed E-state index contributed by atoms with van der Waals surface area (Å²) in [5.74, 6) is 1.70. The molecule has 1 aliphatic heterocycles. The van der Waals surface area contributed by atoms with Gasteiger partial charge in [0.15, 0.2) is 5.96 Å². The van der Waals surface area contributed by atoms with Gasteiger partial charge in [-0.1, -0.05) is 19.9 Å². The van der Waals surface area contributed by atoms with Gasteiger partial charge in [0.2, 0.25) is 0 Å². The summed E-state index contributed by atoms with van der Waals surface area (Å²) in [6, 6.07) is 4.86. The molecule has 0 saturated carbocycles. The van der Waals surface area contributed by atoms with E-state index in [-0.39, 0.29) is 0 Å². The first-order chi connectivity index (χ1) is 14.1.